The first kappa shape index (κ1) is 28.7. The molecule has 0 unspecified atom stereocenters. The highest BCUT2D eigenvalue weighted by Crippen LogP contribution is 2.24. The topological polar surface area (TPSA) is 56.4 Å². The van der Waals surface area contributed by atoms with E-state index < -0.39 is 0 Å². The van der Waals surface area contributed by atoms with E-state index in [-0.39, 0.29) is 24.3 Å². The van der Waals surface area contributed by atoms with Crippen LogP contribution in [0.4, 0.5) is 0 Å². The molecule has 5 rings (SSSR count). The molecule has 0 aliphatic rings. The van der Waals surface area contributed by atoms with Crippen molar-refractivity contribution >= 4 is 56.7 Å². The van der Waals surface area contributed by atoms with Gasteiger partial charge in [-0.2, -0.15) is 0 Å². The van der Waals surface area contributed by atoms with Crippen LogP contribution in [0, 0.1) is 5.92 Å². The number of nitrogens with zero attached hydrogens (tertiary/aromatic N) is 2. The number of H-pyrrole nitrogens is 1. The molecule has 1 aromatic heterocycles. The van der Waals surface area contributed by atoms with E-state index >= 15 is 0 Å². The Morgan fingerprint density at radius 2 is 1.59 bits per heavy atom. The number of aromatic amines is 1. The van der Waals surface area contributed by atoms with E-state index in [2.05, 4.69) is 24.9 Å². The summed E-state index contributed by atoms with van der Waals surface area (Å²) >= 11 is 12.5. The molecule has 0 spiro atoms. The van der Waals surface area contributed by atoms with Crippen LogP contribution in [0.1, 0.15) is 35.3 Å². The number of aromatic nitrogens is 1. The van der Waals surface area contributed by atoms with Crippen LogP contribution >= 0.6 is 23.2 Å². The third-order valence-corrected chi connectivity index (χ3v) is 7.97. The van der Waals surface area contributed by atoms with Gasteiger partial charge in [-0.1, -0.05) is 91.6 Å². The van der Waals surface area contributed by atoms with E-state index in [1.54, 1.807) is 17.0 Å². The van der Waals surface area contributed by atoms with E-state index in [4.69, 9.17) is 23.2 Å². The van der Waals surface area contributed by atoms with Crippen molar-refractivity contribution in [1.29, 1.82) is 0 Å². The Kier molecular flexibility index (Phi) is 8.96. The van der Waals surface area contributed by atoms with Crippen LogP contribution in [0.3, 0.4) is 0 Å². The Morgan fingerprint density at radius 3 is 2.37 bits per heavy atom. The number of hydrogen-bond donors (Lipinski definition) is 1. The quantitative estimate of drug-likeness (QED) is 0.180. The molecular weight excluding hydrogens is 553 g/mol. The van der Waals surface area contributed by atoms with Crippen LogP contribution in [0.15, 0.2) is 91.1 Å². The first-order valence-corrected chi connectivity index (χ1v) is 14.6. The molecule has 0 aliphatic heterocycles. The second-order valence-corrected chi connectivity index (χ2v) is 11.6. The van der Waals surface area contributed by atoms with Crippen molar-refractivity contribution in [2.24, 2.45) is 5.92 Å². The summed E-state index contributed by atoms with van der Waals surface area (Å²) in [6.45, 7) is 5.41. The van der Waals surface area contributed by atoms with Gasteiger partial charge in [0.15, 0.2) is 0 Å². The third kappa shape index (κ3) is 6.92. The van der Waals surface area contributed by atoms with Gasteiger partial charge in [0.1, 0.15) is 6.54 Å². The lowest BCUT2D eigenvalue weighted by Crippen LogP contribution is -2.44. The lowest BCUT2D eigenvalue weighted by atomic mass is 10.1. The van der Waals surface area contributed by atoms with Gasteiger partial charge in [-0.05, 0) is 64.6 Å². The molecule has 0 radical (unpaired) electrons. The number of carbonyl (C=O) groups excluding carboxylic acids is 2. The maximum atomic E-state index is 13.9. The van der Waals surface area contributed by atoms with Crippen LogP contribution in [-0.2, 0) is 17.8 Å². The Balaban J connectivity index is 1.39. The highest BCUT2D eigenvalue weighted by atomic mass is 35.5. The summed E-state index contributed by atoms with van der Waals surface area (Å²) in [4.78, 5) is 34.5. The first-order valence-electron chi connectivity index (χ1n) is 13.8. The van der Waals surface area contributed by atoms with Crippen molar-refractivity contribution in [3.05, 3.63) is 118 Å². The molecule has 1 N–H and O–H groups in total. The van der Waals surface area contributed by atoms with E-state index in [0.29, 0.717) is 41.7 Å². The molecule has 5 aromatic rings. The number of amides is 2. The Morgan fingerprint density at radius 1 is 0.829 bits per heavy atom. The predicted octanol–water partition coefficient (Wildman–Crippen LogP) is 8.00. The third-order valence-electron chi connectivity index (χ3n) is 7.23. The molecule has 0 saturated carbocycles. The fourth-order valence-electron chi connectivity index (χ4n) is 5.17. The SMILES string of the molecule is CC(C)CN(CC(=O)N(CCc1c[nH]c2ccccc12)Cc1ccc(Cl)c(Cl)c1)C(=O)c1ccc2ccccc2c1. The summed E-state index contributed by atoms with van der Waals surface area (Å²) in [5, 5.41) is 4.12. The predicted molar refractivity (Wildman–Crippen MR) is 169 cm³/mol. The summed E-state index contributed by atoms with van der Waals surface area (Å²) in [6, 6.07) is 27.2. The van der Waals surface area contributed by atoms with Gasteiger partial charge in [0.2, 0.25) is 5.91 Å². The van der Waals surface area contributed by atoms with Crippen molar-refractivity contribution < 1.29 is 9.59 Å². The number of halogens is 2. The van der Waals surface area contributed by atoms with E-state index in [1.165, 1.54) is 0 Å². The molecule has 7 heteroatoms. The van der Waals surface area contributed by atoms with Crippen LogP contribution in [0.2, 0.25) is 10.0 Å². The number of nitrogens with one attached hydrogen (secondary N) is 1. The average molecular weight is 587 g/mol. The van der Waals surface area contributed by atoms with Gasteiger partial charge in [0.05, 0.1) is 10.0 Å². The maximum absolute atomic E-state index is 13.9. The van der Waals surface area contributed by atoms with Crippen LogP contribution in [-0.4, -0.2) is 46.2 Å². The van der Waals surface area contributed by atoms with Crippen molar-refractivity contribution in [1.82, 2.24) is 14.8 Å². The molecule has 41 heavy (non-hydrogen) atoms. The van der Waals surface area contributed by atoms with Crippen molar-refractivity contribution in [2.45, 2.75) is 26.8 Å². The molecular formula is C34H33Cl2N3O2. The molecule has 0 saturated heterocycles. The van der Waals surface area contributed by atoms with Gasteiger partial charge in [0.25, 0.3) is 5.91 Å². The number of hydrogen-bond acceptors (Lipinski definition) is 2. The minimum atomic E-state index is -0.149. The van der Waals surface area contributed by atoms with E-state index in [0.717, 1.165) is 32.8 Å². The number of carbonyl (C=O) groups is 2. The monoisotopic (exact) mass is 585 g/mol. The van der Waals surface area contributed by atoms with Gasteiger partial charge in [0, 0.05) is 42.3 Å². The standard InChI is InChI=1S/C34H33Cl2N3O2/c1-23(2)20-39(34(41)27-13-12-25-7-3-4-8-26(25)18-27)22-33(40)38(21-24-11-14-30(35)31(36)17-24)16-15-28-19-37-32-10-6-5-9-29(28)32/h3-14,17-19,23,37H,15-16,20-22H2,1-2H3. The zero-order valence-electron chi connectivity index (χ0n) is 23.2. The second-order valence-electron chi connectivity index (χ2n) is 10.8. The van der Waals surface area contributed by atoms with Crippen molar-refractivity contribution in [3.63, 3.8) is 0 Å². The minimum Gasteiger partial charge on any atom is -0.361 e. The highest BCUT2D eigenvalue weighted by molar-refractivity contribution is 6.42. The number of fused-ring (bicyclic) bond motifs is 2. The molecule has 4 aromatic carbocycles. The zero-order chi connectivity index (χ0) is 28.9. The highest BCUT2D eigenvalue weighted by Gasteiger charge is 2.24. The van der Waals surface area contributed by atoms with Crippen molar-refractivity contribution in [3.8, 4) is 0 Å². The van der Waals surface area contributed by atoms with Gasteiger partial charge in [-0.25, -0.2) is 0 Å². The second kappa shape index (κ2) is 12.8. The molecule has 0 aliphatic carbocycles. The molecule has 0 atom stereocenters. The van der Waals surface area contributed by atoms with Gasteiger partial charge in [-0.15, -0.1) is 0 Å². The summed E-state index contributed by atoms with van der Waals surface area (Å²) in [6.07, 6.45) is 2.67. The minimum absolute atomic E-state index is 0.0148. The normalized spacial score (nSPS) is 11.3. The van der Waals surface area contributed by atoms with E-state index in [1.807, 2.05) is 77.8 Å². The maximum Gasteiger partial charge on any atom is 0.254 e. The molecule has 0 fully saturated rings. The Bertz CT molecular complexity index is 1690. The van der Waals surface area contributed by atoms with Crippen LogP contribution in [0.5, 0.6) is 0 Å². The Hall–Kier alpha value is -3.80. The largest absolute Gasteiger partial charge is 0.361 e. The molecule has 2 amide bonds. The zero-order valence-corrected chi connectivity index (χ0v) is 24.8. The molecule has 0 bridgehead atoms. The van der Waals surface area contributed by atoms with Crippen molar-refractivity contribution in [2.75, 3.05) is 19.6 Å². The average Bonchev–Trinajstić information content (AvgIpc) is 3.38. The van der Waals surface area contributed by atoms with Crippen LogP contribution < -0.4 is 0 Å². The Labute approximate surface area is 250 Å². The molecule has 210 valence electrons. The van der Waals surface area contributed by atoms with Gasteiger partial charge >= 0.3 is 0 Å². The number of benzene rings is 4. The fourth-order valence-corrected chi connectivity index (χ4v) is 5.49. The summed E-state index contributed by atoms with van der Waals surface area (Å²) in [5.41, 5.74) is 3.66. The summed E-state index contributed by atoms with van der Waals surface area (Å²) in [7, 11) is 0. The smallest absolute Gasteiger partial charge is 0.254 e. The van der Waals surface area contributed by atoms with Crippen LogP contribution in [0.25, 0.3) is 21.7 Å². The fraction of sp³-hybridized carbons (Fsp3) is 0.235. The first-order chi connectivity index (χ1) is 19.8. The lowest BCUT2D eigenvalue weighted by molar-refractivity contribution is -0.132. The number of rotatable bonds is 10. The van der Waals surface area contributed by atoms with Gasteiger partial charge < -0.3 is 14.8 Å². The van der Waals surface area contributed by atoms with E-state index in [9.17, 15) is 9.59 Å². The number of para-hydroxylation sites is 1. The summed E-state index contributed by atoms with van der Waals surface area (Å²) < 4.78 is 0. The van der Waals surface area contributed by atoms with Gasteiger partial charge in [-0.3, -0.25) is 9.59 Å². The molecule has 5 nitrogen and oxygen atoms in total. The summed E-state index contributed by atoms with van der Waals surface area (Å²) in [5.74, 6) is -0.0726. The molecule has 1 heterocycles. The lowest BCUT2D eigenvalue weighted by Gasteiger charge is -2.29.